The maximum absolute atomic E-state index is 11.7. The van der Waals surface area contributed by atoms with Gasteiger partial charge in [0.05, 0.1) is 12.5 Å². The number of carbonyl (C=O) groups is 1. The smallest absolute Gasteiger partial charge is 0.260 e. The second-order valence-electron chi connectivity index (χ2n) is 3.92. The Morgan fingerprint density at radius 1 is 1.56 bits per heavy atom. The lowest BCUT2D eigenvalue weighted by Crippen LogP contribution is -2.32. The highest BCUT2D eigenvalue weighted by Gasteiger charge is 2.10. The molecule has 1 rings (SSSR count). The molecule has 4 nitrogen and oxygen atoms in total. The van der Waals surface area contributed by atoms with Crippen LogP contribution in [0, 0.1) is 18.3 Å². The number of amides is 1. The molecule has 0 bridgehead atoms. The zero-order chi connectivity index (χ0) is 13.5. The quantitative estimate of drug-likeness (QED) is 0.822. The molecule has 0 aliphatic carbocycles. The van der Waals surface area contributed by atoms with Crippen molar-refractivity contribution >= 4 is 17.5 Å². The van der Waals surface area contributed by atoms with Gasteiger partial charge in [-0.1, -0.05) is 17.7 Å². The number of halogens is 1. The molecule has 1 aromatic carbocycles. The molecule has 1 aromatic rings. The van der Waals surface area contributed by atoms with E-state index in [1.54, 1.807) is 19.2 Å². The molecular formula is C13H15ClN2O2. The molecule has 0 radical (unpaired) electrons. The molecule has 0 N–H and O–H groups in total. The number of ether oxygens (including phenoxy) is 1. The van der Waals surface area contributed by atoms with Crippen molar-refractivity contribution in [2.24, 2.45) is 0 Å². The first-order chi connectivity index (χ1) is 8.54. The molecule has 0 spiro atoms. The summed E-state index contributed by atoms with van der Waals surface area (Å²) in [6.07, 6.45) is 0.318. The molecule has 0 heterocycles. The Balaban J connectivity index is 2.52. The van der Waals surface area contributed by atoms with Crippen molar-refractivity contribution < 1.29 is 9.53 Å². The fourth-order valence-electron chi connectivity index (χ4n) is 1.32. The number of hydrogen-bond donors (Lipinski definition) is 0. The van der Waals surface area contributed by atoms with Gasteiger partial charge >= 0.3 is 0 Å². The van der Waals surface area contributed by atoms with Gasteiger partial charge in [0.25, 0.3) is 5.91 Å². The number of likely N-dealkylation sites (N-methyl/N-ethyl adjacent to an activating group) is 1. The Morgan fingerprint density at radius 3 is 2.94 bits per heavy atom. The second-order valence-corrected chi connectivity index (χ2v) is 4.36. The molecular weight excluding hydrogens is 252 g/mol. The Morgan fingerprint density at radius 2 is 2.28 bits per heavy atom. The van der Waals surface area contributed by atoms with Crippen LogP contribution in [0.5, 0.6) is 5.75 Å². The summed E-state index contributed by atoms with van der Waals surface area (Å²) in [5.41, 5.74) is 0.923. The lowest BCUT2D eigenvalue weighted by molar-refractivity contribution is -0.131. The van der Waals surface area contributed by atoms with Gasteiger partial charge < -0.3 is 9.64 Å². The standard InChI is InChI=1S/C13H15ClN2O2/c1-10-4-5-11(14)8-12(10)18-9-13(17)16(2)7-3-6-15/h4-5,8H,3,7,9H2,1-2H3. The molecule has 0 aliphatic rings. The van der Waals surface area contributed by atoms with Crippen LogP contribution in [-0.4, -0.2) is 31.0 Å². The summed E-state index contributed by atoms with van der Waals surface area (Å²) in [7, 11) is 1.65. The molecule has 96 valence electrons. The van der Waals surface area contributed by atoms with E-state index in [9.17, 15) is 4.79 Å². The molecule has 0 aromatic heterocycles. The summed E-state index contributed by atoms with van der Waals surface area (Å²) < 4.78 is 5.42. The van der Waals surface area contributed by atoms with Gasteiger partial charge in [-0.3, -0.25) is 4.79 Å². The minimum absolute atomic E-state index is 0.0525. The topological polar surface area (TPSA) is 53.3 Å². The van der Waals surface area contributed by atoms with Crippen LogP contribution >= 0.6 is 11.6 Å². The van der Waals surface area contributed by atoms with Gasteiger partial charge in [0.15, 0.2) is 6.61 Å². The zero-order valence-electron chi connectivity index (χ0n) is 10.4. The first kappa shape index (κ1) is 14.3. The Bertz CT molecular complexity index is 469. The summed E-state index contributed by atoms with van der Waals surface area (Å²) in [5.74, 6) is 0.439. The highest BCUT2D eigenvalue weighted by Crippen LogP contribution is 2.22. The monoisotopic (exact) mass is 266 g/mol. The van der Waals surface area contributed by atoms with Crippen LogP contribution in [-0.2, 0) is 4.79 Å². The third-order valence-electron chi connectivity index (χ3n) is 2.49. The van der Waals surface area contributed by atoms with E-state index in [1.807, 2.05) is 19.1 Å². The van der Waals surface area contributed by atoms with E-state index in [4.69, 9.17) is 21.6 Å². The average molecular weight is 267 g/mol. The average Bonchev–Trinajstić information content (AvgIpc) is 2.36. The van der Waals surface area contributed by atoms with Crippen LogP contribution in [0.2, 0.25) is 5.02 Å². The van der Waals surface area contributed by atoms with Crippen molar-refractivity contribution in [2.75, 3.05) is 20.2 Å². The van der Waals surface area contributed by atoms with Crippen LogP contribution in [0.25, 0.3) is 0 Å². The largest absolute Gasteiger partial charge is 0.483 e. The molecule has 0 saturated carbocycles. The summed E-state index contributed by atoms with van der Waals surface area (Å²) in [4.78, 5) is 13.2. The van der Waals surface area contributed by atoms with Crippen molar-refractivity contribution in [1.82, 2.24) is 4.90 Å². The van der Waals surface area contributed by atoms with Gasteiger partial charge in [-0.05, 0) is 24.6 Å². The van der Waals surface area contributed by atoms with Crippen LogP contribution in [0.4, 0.5) is 0 Å². The van der Waals surface area contributed by atoms with Gasteiger partial charge in [0.2, 0.25) is 0 Å². The fourth-order valence-corrected chi connectivity index (χ4v) is 1.48. The van der Waals surface area contributed by atoms with E-state index in [1.165, 1.54) is 4.90 Å². The van der Waals surface area contributed by atoms with Gasteiger partial charge in [-0.15, -0.1) is 0 Å². The van der Waals surface area contributed by atoms with E-state index in [-0.39, 0.29) is 12.5 Å². The van der Waals surface area contributed by atoms with Crippen molar-refractivity contribution in [1.29, 1.82) is 5.26 Å². The summed E-state index contributed by atoms with van der Waals surface area (Å²) in [6, 6.07) is 7.28. The van der Waals surface area contributed by atoms with E-state index in [0.717, 1.165) is 5.56 Å². The van der Waals surface area contributed by atoms with Gasteiger partial charge in [0.1, 0.15) is 5.75 Å². The van der Waals surface area contributed by atoms with Gasteiger partial charge in [0, 0.05) is 18.6 Å². The number of nitriles is 1. The third kappa shape index (κ3) is 4.27. The van der Waals surface area contributed by atoms with E-state index < -0.39 is 0 Å². The Kier molecular flexibility index (Phi) is 5.47. The second kappa shape index (κ2) is 6.87. The van der Waals surface area contributed by atoms with Gasteiger partial charge in [-0.2, -0.15) is 5.26 Å². The normalized spacial score (nSPS) is 9.67. The summed E-state index contributed by atoms with van der Waals surface area (Å²) in [6.45, 7) is 2.24. The van der Waals surface area contributed by atoms with Crippen molar-refractivity contribution in [3.8, 4) is 11.8 Å². The molecule has 18 heavy (non-hydrogen) atoms. The summed E-state index contributed by atoms with van der Waals surface area (Å²) in [5, 5.41) is 9.01. The van der Waals surface area contributed by atoms with Crippen LogP contribution in [0.1, 0.15) is 12.0 Å². The number of hydrogen-bond acceptors (Lipinski definition) is 3. The lowest BCUT2D eigenvalue weighted by Gasteiger charge is -2.16. The molecule has 1 amide bonds. The minimum Gasteiger partial charge on any atom is -0.483 e. The van der Waals surface area contributed by atoms with Crippen molar-refractivity contribution in [3.63, 3.8) is 0 Å². The predicted molar refractivity (Wildman–Crippen MR) is 69.6 cm³/mol. The highest BCUT2D eigenvalue weighted by atomic mass is 35.5. The number of aryl methyl sites for hydroxylation is 1. The number of benzene rings is 1. The maximum atomic E-state index is 11.7. The predicted octanol–water partition coefficient (Wildman–Crippen LogP) is 2.40. The number of carbonyl (C=O) groups excluding carboxylic acids is 1. The SMILES string of the molecule is Cc1ccc(Cl)cc1OCC(=O)N(C)CCC#N. The molecule has 0 unspecified atom stereocenters. The molecule has 0 saturated heterocycles. The zero-order valence-corrected chi connectivity index (χ0v) is 11.2. The molecule has 5 heteroatoms. The minimum atomic E-state index is -0.162. The Labute approximate surface area is 112 Å². The number of rotatable bonds is 5. The Hall–Kier alpha value is -1.73. The first-order valence-electron chi connectivity index (χ1n) is 5.54. The van der Waals surface area contributed by atoms with Crippen LogP contribution < -0.4 is 4.74 Å². The lowest BCUT2D eigenvalue weighted by atomic mass is 10.2. The van der Waals surface area contributed by atoms with E-state index in [2.05, 4.69) is 0 Å². The van der Waals surface area contributed by atoms with Crippen molar-refractivity contribution in [3.05, 3.63) is 28.8 Å². The maximum Gasteiger partial charge on any atom is 0.260 e. The fraction of sp³-hybridized carbons (Fsp3) is 0.385. The molecule has 0 aliphatic heterocycles. The summed E-state index contributed by atoms with van der Waals surface area (Å²) >= 11 is 5.85. The van der Waals surface area contributed by atoms with Crippen LogP contribution in [0.15, 0.2) is 18.2 Å². The third-order valence-corrected chi connectivity index (χ3v) is 2.72. The first-order valence-corrected chi connectivity index (χ1v) is 5.92. The van der Waals surface area contributed by atoms with Crippen molar-refractivity contribution in [2.45, 2.75) is 13.3 Å². The van der Waals surface area contributed by atoms with E-state index >= 15 is 0 Å². The van der Waals surface area contributed by atoms with Crippen LogP contribution in [0.3, 0.4) is 0 Å². The number of nitrogens with zero attached hydrogens (tertiary/aromatic N) is 2. The van der Waals surface area contributed by atoms with E-state index in [0.29, 0.717) is 23.7 Å². The highest BCUT2D eigenvalue weighted by molar-refractivity contribution is 6.30. The molecule has 0 atom stereocenters. The van der Waals surface area contributed by atoms with Gasteiger partial charge in [-0.25, -0.2) is 0 Å². The molecule has 0 fully saturated rings.